The molecule has 2 heteroatoms. The minimum Gasteiger partial charge on any atom is -0.384 e. The Hall–Kier alpha value is -0.0800. The fourth-order valence-electron chi connectivity index (χ4n) is 1.32. The van der Waals surface area contributed by atoms with E-state index >= 15 is 0 Å². The highest BCUT2D eigenvalue weighted by molar-refractivity contribution is 4.72. The first-order valence-corrected chi connectivity index (χ1v) is 4.29. The molecule has 2 unspecified atom stereocenters. The maximum absolute atomic E-state index is 5.15. The lowest BCUT2D eigenvalue weighted by Crippen LogP contribution is -2.36. The van der Waals surface area contributed by atoms with Crippen molar-refractivity contribution in [2.24, 2.45) is 11.8 Å². The predicted octanol–water partition coefficient (Wildman–Crippen LogP) is 1.51. The number of methoxy groups -OCH3 is 1. The normalized spacial score (nSPS) is 16.9. The van der Waals surface area contributed by atoms with E-state index in [1.807, 2.05) is 7.05 Å². The van der Waals surface area contributed by atoms with Gasteiger partial charge in [0.1, 0.15) is 0 Å². The summed E-state index contributed by atoms with van der Waals surface area (Å²) in [5, 5.41) is 3.25. The van der Waals surface area contributed by atoms with Crippen LogP contribution < -0.4 is 5.32 Å². The van der Waals surface area contributed by atoms with Gasteiger partial charge in [0.25, 0.3) is 0 Å². The minimum absolute atomic E-state index is 0.537. The van der Waals surface area contributed by atoms with Gasteiger partial charge in [0.15, 0.2) is 0 Å². The van der Waals surface area contributed by atoms with Crippen LogP contribution in [0, 0.1) is 11.8 Å². The van der Waals surface area contributed by atoms with E-state index in [1.54, 1.807) is 7.11 Å². The van der Waals surface area contributed by atoms with Gasteiger partial charge in [0.2, 0.25) is 0 Å². The van der Waals surface area contributed by atoms with Crippen molar-refractivity contribution in [3.05, 3.63) is 0 Å². The summed E-state index contributed by atoms with van der Waals surface area (Å²) in [6, 6.07) is 0.537. The standard InChI is InChI=1S/C9H21NO/c1-7(2)9(6-11-5)8(3)10-4/h7-10H,6H2,1-5H3. The molecule has 1 N–H and O–H groups in total. The number of rotatable bonds is 5. The Bertz CT molecular complexity index is 93.6. The van der Waals surface area contributed by atoms with Gasteiger partial charge in [-0.05, 0) is 25.8 Å². The lowest BCUT2D eigenvalue weighted by Gasteiger charge is -2.26. The first-order chi connectivity index (χ1) is 5.13. The molecule has 0 aliphatic carbocycles. The monoisotopic (exact) mass is 159 g/mol. The summed E-state index contributed by atoms with van der Waals surface area (Å²) in [7, 11) is 3.76. The first-order valence-electron chi connectivity index (χ1n) is 4.29. The Balaban J connectivity index is 3.87. The van der Waals surface area contributed by atoms with Crippen LogP contribution in [0.15, 0.2) is 0 Å². The Kier molecular flexibility index (Phi) is 5.51. The molecule has 2 nitrogen and oxygen atoms in total. The van der Waals surface area contributed by atoms with Crippen LogP contribution in [0.1, 0.15) is 20.8 Å². The van der Waals surface area contributed by atoms with Crippen LogP contribution in [0.5, 0.6) is 0 Å². The molecule has 0 spiro atoms. The van der Waals surface area contributed by atoms with Gasteiger partial charge in [-0.1, -0.05) is 13.8 Å². The summed E-state index contributed by atoms with van der Waals surface area (Å²) in [6.45, 7) is 7.51. The molecular formula is C9H21NO. The molecule has 0 aliphatic rings. The minimum atomic E-state index is 0.537. The molecule has 2 atom stereocenters. The van der Waals surface area contributed by atoms with Crippen LogP contribution in [-0.2, 0) is 4.74 Å². The van der Waals surface area contributed by atoms with Crippen LogP contribution >= 0.6 is 0 Å². The maximum Gasteiger partial charge on any atom is 0.0507 e. The largest absolute Gasteiger partial charge is 0.384 e. The van der Waals surface area contributed by atoms with Crippen molar-refractivity contribution < 1.29 is 4.74 Å². The number of hydrogen-bond acceptors (Lipinski definition) is 2. The van der Waals surface area contributed by atoms with Crippen molar-refractivity contribution in [1.82, 2.24) is 5.32 Å². The van der Waals surface area contributed by atoms with Crippen molar-refractivity contribution in [3.8, 4) is 0 Å². The van der Waals surface area contributed by atoms with E-state index in [1.165, 1.54) is 0 Å². The molecule has 0 fully saturated rings. The second-order valence-electron chi connectivity index (χ2n) is 3.44. The molecule has 0 saturated carbocycles. The van der Waals surface area contributed by atoms with Crippen molar-refractivity contribution in [1.29, 1.82) is 0 Å². The van der Waals surface area contributed by atoms with Crippen LogP contribution in [0.25, 0.3) is 0 Å². The molecule has 0 aromatic carbocycles. The molecule has 68 valence electrons. The van der Waals surface area contributed by atoms with E-state index in [9.17, 15) is 0 Å². The highest BCUT2D eigenvalue weighted by Crippen LogP contribution is 2.14. The van der Waals surface area contributed by atoms with Crippen LogP contribution in [-0.4, -0.2) is 26.8 Å². The van der Waals surface area contributed by atoms with E-state index in [-0.39, 0.29) is 0 Å². The fraction of sp³-hybridized carbons (Fsp3) is 1.00. The summed E-state index contributed by atoms with van der Waals surface area (Å²) in [5.41, 5.74) is 0. The summed E-state index contributed by atoms with van der Waals surface area (Å²) < 4.78 is 5.15. The summed E-state index contributed by atoms with van der Waals surface area (Å²) in [4.78, 5) is 0. The zero-order valence-corrected chi connectivity index (χ0v) is 8.35. The Labute approximate surface area is 70.3 Å². The molecule has 0 bridgehead atoms. The number of nitrogens with one attached hydrogen (secondary N) is 1. The molecule has 0 amide bonds. The lowest BCUT2D eigenvalue weighted by atomic mass is 9.90. The molecule has 0 aliphatic heterocycles. The van der Waals surface area contributed by atoms with E-state index < -0.39 is 0 Å². The highest BCUT2D eigenvalue weighted by atomic mass is 16.5. The van der Waals surface area contributed by atoms with Crippen molar-refractivity contribution in [3.63, 3.8) is 0 Å². The zero-order chi connectivity index (χ0) is 8.85. The molecule has 0 saturated heterocycles. The van der Waals surface area contributed by atoms with Gasteiger partial charge in [-0.2, -0.15) is 0 Å². The van der Waals surface area contributed by atoms with Crippen LogP contribution in [0.4, 0.5) is 0 Å². The third-order valence-electron chi connectivity index (χ3n) is 2.31. The third-order valence-corrected chi connectivity index (χ3v) is 2.31. The van der Waals surface area contributed by atoms with Crippen molar-refractivity contribution in [2.75, 3.05) is 20.8 Å². The summed E-state index contributed by atoms with van der Waals surface area (Å²) >= 11 is 0. The van der Waals surface area contributed by atoms with Crippen molar-refractivity contribution >= 4 is 0 Å². The molecule has 0 heterocycles. The molecule has 0 aromatic rings. The highest BCUT2D eigenvalue weighted by Gasteiger charge is 2.18. The first kappa shape index (κ1) is 10.9. The summed E-state index contributed by atoms with van der Waals surface area (Å²) in [6.07, 6.45) is 0. The van der Waals surface area contributed by atoms with Gasteiger partial charge in [-0.3, -0.25) is 0 Å². The number of hydrogen-bond donors (Lipinski definition) is 1. The van der Waals surface area contributed by atoms with Gasteiger partial charge in [0.05, 0.1) is 6.61 Å². The van der Waals surface area contributed by atoms with Crippen LogP contribution in [0.3, 0.4) is 0 Å². The van der Waals surface area contributed by atoms with Gasteiger partial charge in [-0.15, -0.1) is 0 Å². The van der Waals surface area contributed by atoms with E-state index in [2.05, 4.69) is 26.1 Å². The van der Waals surface area contributed by atoms with E-state index in [4.69, 9.17) is 4.74 Å². The van der Waals surface area contributed by atoms with Gasteiger partial charge < -0.3 is 10.1 Å². The Morgan fingerprint density at radius 3 is 2.09 bits per heavy atom. The fourth-order valence-corrected chi connectivity index (χ4v) is 1.32. The number of ether oxygens (including phenoxy) is 1. The Morgan fingerprint density at radius 2 is 1.82 bits per heavy atom. The predicted molar refractivity (Wildman–Crippen MR) is 48.7 cm³/mol. The average molecular weight is 159 g/mol. The molecular weight excluding hydrogens is 138 g/mol. The topological polar surface area (TPSA) is 21.3 Å². The van der Waals surface area contributed by atoms with Gasteiger partial charge in [0, 0.05) is 13.2 Å². The second-order valence-corrected chi connectivity index (χ2v) is 3.44. The molecule has 0 aromatic heterocycles. The van der Waals surface area contributed by atoms with E-state index in [0.29, 0.717) is 17.9 Å². The lowest BCUT2D eigenvalue weighted by molar-refractivity contribution is 0.110. The Morgan fingerprint density at radius 1 is 1.27 bits per heavy atom. The summed E-state index contributed by atoms with van der Waals surface area (Å²) in [5.74, 6) is 1.29. The zero-order valence-electron chi connectivity index (χ0n) is 8.35. The average Bonchev–Trinajstić information content (AvgIpc) is 1.98. The third kappa shape index (κ3) is 3.73. The van der Waals surface area contributed by atoms with E-state index in [0.717, 1.165) is 6.61 Å². The van der Waals surface area contributed by atoms with Crippen LogP contribution in [0.2, 0.25) is 0 Å². The quantitative estimate of drug-likeness (QED) is 0.656. The smallest absolute Gasteiger partial charge is 0.0507 e. The van der Waals surface area contributed by atoms with Gasteiger partial charge in [-0.25, -0.2) is 0 Å². The SMILES string of the molecule is CNC(C)C(COC)C(C)C. The molecule has 0 rings (SSSR count). The van der Waals surface area contributed by atoms with Gasteiger partial charge >= 0.3 is 0 Å². The maximum atomic E-state index is 5.15. The molecule has 11 heavy (non-hydrogen) atoms. The van der Waals surface area contributed by atoms with Crippen molar-refractivity contribution in [2.45, 2.75) is 26.8 Å². The molecule has 0 radical (unpaired) electrons. The second kappa shape index (κ2) is 5.56.